The standard InChI is InChI=1S/C21H22N2O4S/c1-4-26-15-7-10-18-17(11-15)14(3)20(27-18)21(25)23-22-19(24)12-28-16-8-5-13(2)6-9-16/h5-11H,4,12H2,1-3H3,(H,22,24)(H,23,25). The zero-order chi connectivity index (χ0) is 20.1. The highest BCUT2D eigenvalue weighted by atomic mass is 32.2. The first-order valence-electron chi connectivity index (χ1n) is 8.92. The molecule has 7 heteroatoms. The zero-order valence-corrected chi connectivity index (χ0v) is 16.8. The van der Waals surface area contributed by atoms with Crippen LogP contribution >= 0.6 is 11.8 Å². The number of fused-ring (bicyclic) bond motifs is 1. The summed E-state index contributed by atoms with van der Waals surface area (Å²) in [5.74, 6) is 0.272. The monoisotopic (exact) mass is 398 g/mol. The van der Waals surface area contributed by atoms with Crippen LogP contribution in [-0.4, -0.2) is 24.2 Å². The van der Waals surface area contributed by atoms with Gasteiger partial charge in [-0.05, 0) is 51.1 Å². The van der Waals surface area contributed by atoms with Gasteiger partial charge < -0.3 is 9.15 Å². The van der Waals surface area contributed by atoms with Crippen LogP contribution in [0.4, 0.5) is 0 Å². The molecule has 146 valence electrons. The first kappa shape index (κ1) is 19.8. The van der Waals surface area contributed by atoms with Crippen LogP contribution in [0.1, 0.15) is 28.6 Å². The lowest BCUT2D eigenvalue weighted by molar-refractivity contribution is -0.119. The van der Waals surface area contributed by atoms with E-state index in [4.69, 9.17) is 9.15 Å². The van der Waals surface area contributed by atoms with E-state index in [9.17, 15) is 9.59 Å². The maximum atomic E-state index is 12.4. The number of nitrogens with one attached hydrogen (secondary N) is 2. The summed E-state index contributed by atoms with van der Waals surface area (Å²) in [5.41, 5.74) is 7.28. The number of hydrogen-bond donors (Lipinski definition) is 2. The largest absolute Gasteiger partial charge is 0.494 e. The zero-order valence-electron chi connectivity index (χ0n) is 16.0. The van der Waals surface area contributed by atoms with Crippen molar-refractivity contribution in [3.8, 4) is 5.75 Å². The number of carbonyl (C=O) groups excluding carboxylic acids is 2. The molecular formula is C21H22N2O4S. The third kappa shape index (κ3) is 4.67. The molecule has 0 atom stereocenters. The van der Waals surface area contributed by atoms with Crippen molar-refractivity contribution in [1.29, 1.82) is 0 Å². The molecule has 2 N–H and O–H groups in total. The molecule has 1 aromatic heterocycles. The molecule has 0 fully saturated rings. The fourth-order valence-corrected chi connectivity index (χ4v) is 3.37. The van der Waals surface area contributed by atoms with Crippen LogP contribution in [0.2, 0.25) is 0 Å². The first-order valence-corrected chi connectivity index (χ1v) is 9.91. The minimum atomic E-state index is -0.500. The van der Waals surface area contributed by atoms with Crippen LogP contribution in [0, 0.1) is 13.8 Å². The molecule has 0 saturated heterocycles. The molecule has 0 aliphatic heterocycles. The van der Waals surface area contributed by atoms with Gasteiger partial charge in [-0.3, -0.25) is 20.4 Å². The van der Waals surface area contributed by atoms with Crippen LogP contribution in [-0.2, 0) is 4.79 Å². The predicted octanol–water partition coefficient (Wildman–Crippen LogP) is 4.00. The summed E-state index contributed by atoms with van der Waals surface area (Å²) >= 11 is 1.40. The van der Waals surface area contributed by atoms with Gasteiger partial charge in [0.05, 0.1) is 12.4 Å². The maximum Gasteiger partial charge on any atom is 0.305 e. The smallest absolute Gasteiger partial charge is 0.305 e. The summed E-state index contributed by atoms with van der Waals surface area (Å²) < 4.78 is 11.1. The Balaban J connectivity index is 1.58. The van der Waals surface area contributed by atoms with Gasteiger partial charge in [-0.1, -0.05) is 17.7 Å². The number of rotatable bonds is 6. The lowest BCUT2D eigenvalue weighted by Gasteiger charge is -2.06. The number of aryl methyl sites for hydroxylation is 2. The first-order chi connectivity index (χ1) is 13.5. The summed E-state index contributed by atoms with van der Waals surface area (Å²) in [7, 11) is 0. The van der Waals surface area contributed by atoms with Crippen molar-refractivity contribution in [3.05, 3.63) is 59.4 Å². The Labute approximate surface area is 167 Å². The van der Waals surface area contributed by atoms with E-state index < -0.39 is 5.91 Å². The molecule has 2 amide bonds. The molecule has 0 saturated carbocycles. The molecule has 0 spiro atoms. The van der Waals surface area contributed by atoms with Crippen molar-refractivity contribution in [1.82, 2.24) is 10.9 Å². The molecule has 0 aliphatic carbocycles. The van der Waals surface area contributed by atoms with E-state index >= 15 is 0 Å². The van der Waals surface area contributed by atoms with E-state index in [2.05, 4.69) is 10.9 Å². The van der Waals surface area contributed by atoms with Crippen molar-refractivity contribution in [3.63, 3.8) is 0 Å². The number of ether oxygens (including phenoxy) is 1. The van der Waals surface area contributed by atoms with Crippen molar-refractivity contribution in [2.45, 2.75) is 25.7 Å². The predicted molar refractivity (Wildman–Crippen MR) is 110 cm³/mol. The number of hydrogen-bond acceptors (Lipinski definition) is 5. The Bertz CT molecular complexity index is 996. The Morgan fingerprint density at radius 3 is 2.54 bits per heavy atom. The van der Waals surface area contributed by atoms with Gasteiger partial charge in [0, 0.05) is 15.8 Å². The van der Waals surface area contributed by atoms with E-state index in [1.165, 1.54) is 11.8 Å². The summed E-state index contributed by atoms with van der Waals surface area (Å²) in [6, 6.07) is 13.3. The fourth-order valence-electron chi connectivity index (χ4n) is 2.68. The quantitative estimate of drug-likeness (QED) is 0.485. The second kappa shape index (κ2) is 8.84. The summed E-state index contributed by atoms with van der Waals surface area (Å²) in [6.45, 7) is 6.27. The van der Waals surface area contributed by atoms with Crippen molar-refractivity contribution >= 4 is 34.5 Å². The topological polar surface area (TPSA) is 80.6 Å². The van der Waals surface area contributed by atoms with Gasteiger partial charge in [0.25, 0.3) is 0 Å². The number of furan rings is 1. The number of hydrazine groups is 1. The minimum Gasteiger partial charge on any atom is -0.494 e. The second-order valence-corrected chi connectivity index (χ2v) is 7.30. The molecule has 28 heavy (non-hydrogen) atoms. The maximum absolute atomic E-state index is 12.4. The van der Waals surface area contributed by atoms with Crippen molar-refractivity contribution < 1.29 is 18.7 Å². The highest BCUT2D eigenvalue weighted by Crippen LogP contribution is 2.28. The van der Waals surface area contributed by atoms with Gasteiger partial charge in [0.1, 0.15) is 11.3 Å². The van der Waals surface area contributed by atoms with Gasteiger partial charge in [0.15, 0.2) is 5.76 Å². The second-order valence-electron chi connectivity index (χ2n) is 6.25. The summed E-state index contributed by atoms with van der Waals surface area (Å²) in [4.78, 5) is 25.4. The Morgan fingerprint density at radius 2 is 1.82 bits per heavy atom. The Kier molecular flexibility index (Phi) is 6.26. The van der Waals surface area contributed by atoms with E-state index in [0.29, 0.717) is 23.5 Å². The van der Waals surface area contributed by atoms with Gasteiger partial charge in [-0.25, -0.2) is 0 Å². The lowest BCUT2D eigenvalue weighted by Crippen LogP contribution is -2.42. The van der Waals surface area contributed by atoms with Crippen LogP contribution in [0.5, 0.6) is 5.75 Å². The highest BCUT2D eigenvalue weighted by Gasteiger charge is 2.18. The van der Waals surface area contributed by atoms with E-state index in [-0.39, 0.29) is 17.4 Å². The Morgan fingerprint density at radius 1 is 1.07 bits per heavy atom. The van der Waals surface area contributed by atoms with E-state index in [1.54, 1.807) is 19.1 Å². The Hall–Kier alpha value is -2.93. The average molecular weight is 398 g/mol. The van der Waals surface area contributed by atoms with Crippen molar-refractivity contribution in [2.24, 2.45) is 0 Å². The molecule has 3 rings (SSSR count). The lowest BCUT2D eigenvalue weighted by atomic mass is 10.1. The van der Waals surface area contributed by atoms with Crippen LogP contribution < -0.4 is 15.6 Å². The molecule has 0 bridgehead atoms. The van der Waals surface area contributed by atoms with Crippen molar-refractivity contribution in [2.75, 3.05) is 12.4 Å². The van der Waals surface area contributed by atoms with Gasteiger partial charge in [0.2, 0.25) is 5.91 Å². The molecular weight excluding hydrogens is 376 g/mol. The third-order valence-electron chi connectivity index (χ3n) is 4.13. The molecule has 6 nitrogen and oxygen atoms in total. The number of benzene rings is 2. The number of thioether (sulfide) groups is 1. The molecule has 0 aliphatic rings. The molecule has 1 heterocycles. The molecule has 2 aromatic carbocycles. The average Bonchev–Trinajstić information content (AvgIpc) is 3.02. The molecule has 0 unspecified atom stereocenters. The van der Waals surface area contributed by atoms with Gasteiger partial charge in [-0.2, -0.15) is 0 Å². The SMILES string of the molecule is CCOc1ccc2oc(C(=O)NNC(=O)CSc3ccc(C)cc3)c(C)c2c1. The van der Waals surface area contributed by atoms with Gasteiger partial charge >= 0.3 is 5.91 Å². The van der Waals surface area contributed by atoms with Crippen LogP contribution in [0.3, 0.4) is 0 Å². The number of carbonyl (C=O) groups is 2. The highest BCUT2D eigenvalue weighted by molar-refractivity contribution is 8.00. The van der Waals surface area contributed by atoms with Crippen LogP contribution in [0.15, 0.2) is 51.8 Å². The summed E-state index contributed by atoms with van der Waals surface area (Å²) in [5, 5.41) is 0.803. The normalized spacial score (nSPS) is 10.7. The van der Waals surface area contributed by atoms with E-state index in [0.717, 1.165) is 15.8 Å². The number of amides is 2. The molecule has 3 aromatic rings. The molecule has 0 radical (unpaired) electrons. The minimum absolute atomic E-state index is 0.162. The third-order valence-corrected chi connectivity index (χ3v) is 5.14. The van der Waals surface area contributed by atoms with E-state index in [1.807, 2.05) is 44.2 Å². The summed E-state index contributed by atoms with van der Waals surface area (Å²) in [6.07, 6.45) is 0. The van der Waals surface area contributed by atoms with Gasteiger partial charge in [-0.15, -0.1) is 11.8 Å². The fraction of sp³-hybridized carbons (Fsp3) is 0.238. The van der Waals surface area contributed by atoms with Crippen LogP contribution in [0.25, 0.3) is 11.0 Å².